The van der Waals surface area contributed by atoms with Crippen molar-refractivity contribution in [3.05, 3.63) is 53.6 Å². The molecule has 0 aromatic heterocycles. The van der Waals surface area contributed by atoms with Crippen LogP contribution in [0.2, 0.25) is 0 Å². The largest absolute Gasteiger partial charge is 0.496 e. The first-order valence-electron chi connectivity index (χ1n) is 10.8. The first-order chi connectivity index (χ1) is 15.1. The molecule has 1 atom stereocenters. The van der Waals surface area contributed by atoms with Crippen molar-refractivity contribution < 1.29 is 19.3 Å². The number of aliphatic hydroxyl groups excluding tert-OH is 1. The summed E-state index contributed by atoms with van der Waals surface area (Å²) in [5, 5.41) is 13.9. The summed E-state index contributed by atoms with van der Waals surface area (Å²) in [5.41, 5.74) is 2.20. The van der Waals surface area contributed by atoms with Crippen LogP contribution in [0.4, 0.5) is 0 Å². The lowest BCUT2D eigenvalue weighted by Gasteiger charge is -2.33. The molecule has 2 aromatic carbocycles. The molecule has 1 unspecified atom stereocenters. The summed E-state index contributed by atoms with van der Waals surface area (Å²) in [7, 11) is 5.44. The predicted molar refractivity (Wildman–Crippen MR) is 122 cm³/mol. The number of β-amino-alcohol motifs (C(OH)–C–C–N with tert-alkyl or cyclic N) is 1. The molecule has 1 heterocycles. The molecule has 0 amide bonds. The van der Waals surface area contributed by atoms with Crippen LogP contribution in [0.1, 0.15) is 11.1 Å². The van der Waals surface area contributed by atoms with Crippen LogP contribution >= 0.6 is 0 Å². The molecule has 0 radical (unpaired) electrons. The zero-order valence-corrected chi connectivity index (χ0v) is 18.8. The van der Waals surface area contributed by atoms with Crippen LogP contribution in [0.3, 0.4) is 0 Å². The molecule has 1 aliphatic rings. The fourth-order valence-electron chi connectivity index (χ4n) is 3.70. The summed E-state index contributed by atoms with van der Waals surface area (Å²) in [6.07, 6.45) is -0.541. The van der Waals surface area contributed by atoms with Gasteiger partial charge in [0.05, 0.1) is 14.2 Å². The second kappa shape index (κ2) is 11.9. The third kappa shape index (κ3) is 7.11. The van der Waals surface area contributed by atoms with E-state index < -0.39 is 6.10 Å². The van der Waals surface area contributed by atoms with Gasteiger partial charge >= 0.3 is 0 Å². The second-order valence-corrected chi connectivity index (χ2v) is 7.97. The molecule has 0 bridgehead atoms. The van der Waals surface area contributed by atoms with E-state index in [0.717, 1.165) is 43.1 Å². The number of likely N-dealkylation sites (N-methyl/N-ethyl adjacent to an activating group) is 1. The minimum atomic E-state index is -0.541. The highest BCUT2D eigenvalue weighted by Gasteiger charge is 2.18. The van der Waals surface area contributed by atoms with Crippen molar-refractivity contribution >= 4 is 0 Å². The third-order valence-corrected chi connectivity index (χ3v) is 5.56. The monoisotopic (exact) mass is 429 g/mol. The Morgan fingerprint density at radius 1 is 0.935 bits per heavy atom. The number of ether oxygens (including phenoxy) is 3. The van der Waals surface area contributed by atoms with E-state index in [-0.39, 0.29) is 6.61 Å². The van der Waals surface area contributed by atoms with Crippen molar-refractivity contribution in [2.45, 2.75) is 19.2 Å². The summed E-state index contributed by atoms with van der Waals surface area (Å²) in [5.74, 6) is 2.19. The van der Waals surface area contributed by atoms with Crippen LogP contribution in [-0.2, 0) is 13.1 Å². The Bertz CT molecular complexity index is 809. The number of hydrogen-bond acceptors (Lipinski definition) is 7. The van der Waals surface area contributed by atoms with Crippen LogP contribution in [0.5, 0.6) is 17.2 Å². The lowest BCUT2D eigenvalue weighted by Crippen LogP contribution is -2.47. The number of benzene rings is 2. The molecule has 3 rings (SSSR count). The molecule has 1 aliphatic heterocycles. The number of nitrogens with one attached hydrogen (secondary N) is 1. The van der Waals surface area contributed by atoms with Crippen LogP contribution in [0.15, 0.2) is 42.5 Å². The Hall–Kier alpha value is -2.32. The zero-order chi connectivity index (χ0) is 22.1. The Morgan fingerprint density at radius 2 is 1.68 bits per heavy atom. The predicted octanol–water partition coefficient (Wildman–Crippen LogP) is 1.98. The molecular formula is C24H35N3O4. The van der Waals surface area contributed by atoms with Crippen LogP contribution in [0, 0.1) is 0 Å². The van der Waals surface area contributed by atoms with E-state index >= 15 is 0 Å². The number of para-hydroxylation sites is 1. The highest BCUT2D eigenvalue weighted by atomic mass is 16.5. The van der Waals surface area contributed by atoms with Gasteiger partial charge in [-0.05, 0) is 30.8 Å². The van der Waals surface area contributed by atoms with Gasteiger partial charge in [-0.3, -0.25) is 4.90 Å². The number of rotatable bonds is 11. The average Bonchev–Trinajstić information content (AvgIpc) is 2.79. The van der Waals surface area contributed by atoms with E-state index in [0.29, 0.717) is 31.1 Å². The van der Waals surface area contributed by atoms with Gasteiger partial charge in [0, 0.05) is 51.4 Å². The fourth-order valence-corrected chi connectivity index (χ4v) is 3.70. The van der Waals surface area contributed by atoms with Gasteiger partial charge in [0.25, 0.3) is 0 Å². The van der Waals surface area contributed by atoms with E-state index in [2.05, 4.69) is 28.2 Å². The maximum absolute atomic E-state index is 10.4. The number of methoxy groups -OCH3 is 2. The maximum Gasteiger partial charge on any atom is 0.161 e. The minimum absolute atomic E-state index is 0.237. The standard InChI is InChI=1S/C24H35N3O4/c1-26-10-12-27(13-11-26)17-21(28)18-31-24-14-19(8-9-23(24)30-3)15-25-16-20-6-4-5-7-22(20)29-2/h4-9,14,21,25,28H,10-13,15-18H2,1-3H3. The molecule has 7 nitrogen and oxygen atoms in total. The summed E-state index contributed by atoms with van der Waals surface area (Å²) in [4.78, 5) is 4.58. The number of nitrogens with zero attached hydrogens (tertiary/aromatic N) is 2. The molecular weight excluding hydrogens is 394 g/mol. The highest BCUT2D eigenvalue weighted by molar-refractivity contribution is 5.43. The quantitative estimate of drug-likeness (QED) is 0.566. The SMILES string of the molecule is COc1ccccc1CNCc1ccc(OC)c(OCC(O)CN2CCN(C)CC2)c1. The fraction of sp³-hybridized carbons (Fsp3) is 0.500. The molecule has 31 heavy (non-hydrogen) atoms. The number of aliphatic hydroxyl groups is 1. The van der Waals surface area contributed by atoms with Gasteiger partial charge in [0.15, 0.2) is 11.5 Å². The normalized spacial score (nSPS) is 16.1. The second-order valence-electron chi connectivity index (χ2n) is 7.97. The molecule has 7 heteroatoms. The van der Waals surface area contributed by atoms with E-state index in [1.807, 2.05) is 36.4 Å². The zero-order valence-electron chi connectivity index (χ0n) is 18.8. The highest BCUT2D eigenvalue weighted by Crippen LogP contribution is 2.28. The van der Waals surface area contributed by atoms with Crippen molar-refractivity contribution in [1.82, 2.24) is 15.1 Å². The van der Waals surface area contributed by atoms with Crippen LogP contribution in [0.25, 0.3) is 0 Å². The van der Waals surface area contributed by atoms with E-state index in [1.54, 1.807) is 14.2 Å². The van der Waals surface area contributed by atoms with E-state index in [1.165, 1.54) is 0 Å². The summed E-state index contributed by atoms with van der Waals surface area (Å²) in [6, 6.07) is 13.9. The van der Waals surface area contributed by atoms with Crippen molar-refractivity contribution in [3.8, 4) is 17.2 Å². The molecule has 1 saturated heterocycles. The first-order valence-corrected chi connectivity index (χ1v) is 10.8. The Morgan fingerprint density at radius 3 is 2.42 bits per heavy atom. The van der Waals surface area contributed by atoms with Gasteiger partial charge in [-0.15, -0.1) is 0 Å². The minimum Gasteiger partial charge on any atom is -0.496 e. The Kier molecular flexibility index (Phi) is 8.97. The van der Waals surface area contributed by atoms with Gasteiger partial charge in [0.2, 0.25) is 0 Å². The topological polar surface area (TPSA) is 66.4 Å². The molecule has 0 saturated carbocycles. The maximum atomic E-state index is 10.4. The summed E-state index contributed by atoms with van der Waals surface area (Å²) in [6.45, 7) is 6.26. The van der Waals surface area contributed by atoms with Crippen molar-refractivity contribution in [2.75, 3.05) is 60.6 Å². The van der Waals surface area contributed by atoms with E-state index in [4.69, 9.17) is 14.2 Å². The Balaban J connectivity index is 1.51. The summed E-state index contributed by atoms with van der Waals surface area (Å²) >= 11 is 0. The lowest BCUT2D eigenvalue weighted by molar-refractivity contribution is 0.0498. The molecule has 0 spiro atoms. The molecule has 170 valence electrons. The number of hydrogen-bond donors (Lipinski definition) is 2. The number of piperazine rings is 1. The van der Waals surface area contributed by atoms with Gasteiger partial charge in [-0.2, -0.15) is 0 Å². The van der Waals surface area contributed by atoms with Gasteiger partial charge < -0.3 is 29.5 Å². The van der Waals surface area contributed by atoms with Crippen molar-refractivity contribution in [2.24, 2.45) is 0 Å². The third-order valence-electron chi connectivity index (χ3n) is 5.56. The van der Waals surface area contributed by atoms with Gasteiger partial charge in [0.1, 0.15) is 18.5 Å². The average molecular weight is 430 g/mol. The van der Waals surface area contributed by atoms with E-state index in [9.17, 15) is 5.11 Å². The lowest BCUT2D eigenvalue weighted by atomic mass is 10.1. The Labute approximate surface area is 185 Å². The van der Waals surface area contributed by atoms with Gasteiger partial charge in [-0.1, -0.05) is 24.3 Å². The molecule has 2 N–H and O–H groups in total. The summed E-state index contributed by atoms with van der Waals surface area (Å²) < 4.78 is 16.8. The van der Waals surface area contributed by atoms with Gasteiger partial charge in [-0.25, -0.2) is 0 Å². The molecule has 1 fully saturated rings. The van der Waals surface area contributed by atoms with Crippen LogP contribution < -0.4 is 19.5 Å². The van der Waals surface area contributed by atoms with Crippen LogP contribution in [-0.4, -0.2) is 81.6 Å². The van der Waals surface area contributed by atoms with Crippen molar-refractivity contribution in [1.29, 1.82) is 0 Å². The smallest absolute Gasteiger partial charge is 0.161 e. The molecule has 0 aliphatic carbocycles. The first kappa shape index (κ1) is 23.3. The van der Waals surface area contributed by atoms with Crippen molar-refractivity contribution in [3.63, 3.8) is 0 Å². The molecule has 2 aromatic rings.